The predicted octanol–water partition coefficient (Wildman–Crippen LogP) is 2.93. The van der Waals surface area contributed by atoms with Crippen molar-refractivity contribution in [2.45, 2.75) is 32.5 Å². The fourth-order valence-electron chi connectivity index (χ4n) is 2.17. The minimum atomic E-state index is -0.0661. The first-order chi connectivity index (χ1) is 10.3. The van der Waals surface area contributed by atoms with Crippen LogP contribution in [0, 0.1) is 19.3 Å². The zero-order chi connectivity index (χ0) is 14.9. The minimum absolute atomic E-state index is 0.0661. The first-order valence-electron chi connectivity index (χ1n) is 7.32. The monoisotopic (exact) mass is 290 g/mol. The van der Waals surface area contributed by atoms with E-state index in [1.807, 2.05) is 25.1 Å². The molecule has 1 aliphatic heterocycles. The SMILES string of the molecule is C#CCOc1ccc(OCCOC2CCCCO2)cc1C. The molecular formula is C17H22O4. The number of benzene rings is 1. The number of hydrogen-bond acceptors (Lipinski definition) is 4. The zero-order valence-electron chi connectivity index (χ0n) is 12.5. The maximum atomic E-state index is 5.66. The number of hydrogen-bond donors (Lipinski definition) is 0. The average Bonchev–Trinajstić information content (AvgIpc) is 2.52. The molecule has 2 rings (SSSR count). The first kappa shape index (κ1) is 15.7. The molecule has 0 amide bonds. The van der Waals surface area contributed by atoms with Crippen molar-refractivity contribution in [2.75, 3.05) is 26.4 Å². The molecule has 1 unspecified atom stereocenters. The van der Waals surface area contributed by atoms with E-state index >= 15 is 0 Å². The fraction of sp³-hybridized carbons (Fsp3) is 0.529. The van der Waals surface area contributed by atoms with Gasteiger partial charge in [0.1, 0.15) is 24.7 Å². The van der Waals surface area contributed by atoms with Crippen molar-refractivity contribution in [1.29, 1.82) is 0 Å². The highest BCUT2D eigenvalue weighted by Gasteiger charge is 2.13. The molecule has 21 heavy (non-hydrogen) atoms. The zero-order valence-corrected chi connectivity index (χ0v) is 12.5. The van der Waals surface area contributed by atoms with Gasteiger partial charge < -0.3 is 18.9 Å². The normalized spacial score (nSPS) is 18.0. The Morgan fingerprint density at radius 3 is 2.90 bits per heavy atom. The van der Waals surface area contributed by atoms with E-state index in [4.69, 9.17) is 25.4 Å². The Bertz CT molecular complexity index is 472. The lowest BCUT2D eigenvalue weighted by Crippen LogP contribution is -2.24. The molecule has 1 atom stereocenters. The number of rotatable bonds is 7. The Kier molecular flexibility index (Phi) is 6.39. The molecule has 1 heterocycles. The highest BCUT2D eigenvalue weighted by molar-refractivity contribution is 5.39. The van der Waals surface area contributed by atoms with Gasteiger partial charge in [-0.3, -0.25) is 0 Å². The molecule has 114 valence electrons. The lowest BCUT2D eigenvalue weighted by molar-refractivity contribution is -0.165. The Morgan fingerprint density at radius 2 is 2.19 bits per heavy atom. The van der Waals surface area contributed by atoms with Crippen LogP contribution in [-0.4, -0.2) is 32.7 Å². The van der Waals surface area contributed by atoms with Crippen molar-refractivity contribution in [3.05, 3.63) is 23.8 Å². The topological polar surface area (TPSA) is 36.9 Å². The molecular weight excluding hydrogens is 268 g/mol. The second kappa shape index (κ2) is 8.56. The van der Waals surface area contributed by atoms with Gasteiger partial charge in [-0.1, -0.05) is 5.92 Å². The van der Waals surface area contributed by atoms with Gasteiger partial charge in [0.2, 0.25) is 0 Å². The van der Waals surface area contributed by atoms with E-state index in [1.54, 1.807) is 0 Å². The maximum Gasteiger partial charge on any atom is 0.157 e. The summed E-state index contributed by atoms with van der Waals surface area (Å²) in [6.07, 6.45) is 8.38. The summed E-state index contributed by atoms with van der Waals surface area (Å²) >= 11 is 0. The second-order valence-electron chi connectivity index (χ2n) is 4.94. The third-order valence-electron chi connectivity index (χ3n) is 3.25. The first-order valence-corrected chi connectivity index (χ1v) is 7.32. The maximum absolute atomic E-state index is 5.66. The van der Waals surface area contributed by atoms with E-state index in [0.29, 0.717) is 13.2 Å². The van der Waals surface area contributed by atoms with E-state index in [-0.39, 0.29) is 12.9 Å². The van der Waals surface area contributed by atoms with Crippen LogP contribution < -0.4 is 9.47 Å². The Morgan fingerprint density at radius 1 is 1.29 bits per heavy atom. The van der Waals surface area contributed by atoms with E-state index in [2.05, 4.69) is 5.92 Å². The van der Waals surface area contributed by atoms with Crippen molar-refractivity contribution in [3.8, 4) is 23.8 Å². The standard InChI is InChI=1S/C17H22O4/c1-3-9-19-16-8-7-15(13-14(16)2)18-11-12-21-17-6-4-5-10-20-17/h1,7-8,13,17H,4-6,9-12H2,2H3. The molecule has 0 spiro atoms. The number of aryl methyl sites for hydroxylation is 1. The van der Waals surface area contributed by atoms with Crippen LogP contribution in [0.15, 0.2) is 18.2 Å². The van der Waals surface area contributed by atoms with Crippen LogP contribution in [0.5, 0.6) is 11.5 Å². The van der Waals surface area contributed by atoms with Gasteiger partial charge >= 0.3 is 0 Å². The van der Waals surface area contributed by atoms with Crippen LogP contribution in [0.2, 0.25) is 0 Å². The van der Waals surface area contributed by atoms with Crippen molar-refractivity contribution in [1.82, 2.24) is 0 Å². The summed E-state index contributed by atoms with van der Waals surface area (Å²) in [5.74, 6) is 4.03. The molecule has 0 bridgehead atoms. The van der Waals surface area contributed by atoms with Crippen LogP contribution in [0.3, 0.4) is 0 Å². The smallest absolute Gasteiger partial charge is 0.157 e. The molecule has 0 radical (unpaired) electrons. The molecule has 0 saturated carbocycles. The van der Waals surface area contributed by atoms with E-state index in [0.717, 1.165) is 36.5 Å². The van der Waals surface area contributed by atoms with Crippen molar-refractivity contribution >= 4 is 0 Å². The van der Waals surface area contributed by atoms with Gasteiger partial charge in [0.05, 0.1) is 6.61 Å². The van der Waals surface area contributed by atoms with Crippen LogP contribution in [0.25, 0.3) is 0 Å². The summed E-state index contributed by atoms with van der Waals surface area (Å²) in [4.78, 5) is 0. The molecule has 0 aromatic heterocycles. The second-order valence-corrected chi connectivity index (χ2v) is 4.94. The molecule has 0 aliphatic carbocycles. The lowest BCUT2D eigenvalue weighted by Gasteiger charge is -2.22. The van der Waals surface area contributed by atoms with Gasteiger partial charge in [-0.25, -0.2) is 0 Å². The number of ether oxygens (including phenoxy) is 4. The fourth-order valence-corrected chi connectivity index (χ4v) is 2.17. The molecule has 1 aliphatic rings. The average molecular weight is 290 g/mol. The van der Waals surface area contributed by atoms with E-state index in [9.17, 15) is 0 Å². The molecule has 1 fully saturated rings. The Hall–Kier alpha value is -1.70. The minimum Gasteiger partial charge on any atom is -0.491 e. The quantitative estimate of drug-likeness (QED) is 0.571. The molecule has 4 heteroatoms. The molecule has 1 saturated heterocycles. The van der Waals surface area contributed by atoms with Crippen LogP contribution >= 0.6 is 0 Å². The summed E-state index contributed by atoms with van der Waals surface area (Å²) in [6, 6.07) is 5.67. The van der Waals surface area contributed by atoms with Crippen molar-refractivity contribution in [2.24, 2.45) is 0 Å². The van der Waals surface area contributed by atoms with Gasteiger partial charge in [0, 0.05) is 6.61 Å². The molecule has 4 nitrogen and oxygen atoms in total. The summed E-state index contributed by atoms with van der Waals surface area (Å²) in [6.45, 7) is 4.06. The summed E-state index contributed by atoms with van der Waals surface area (Å²) in [5, 5.41) is 0. The van der Waals surface area contributed by atoms with Gasteiger partial charge in [-0.2, -0.15) is 0 Å². The summed E-state index contributed by atoms with van der Waals surface area (Å²) in [7, 11) is 0. The van der Waals surface area contributed by atoms with E-state index < -0.39 is 0 Å². The third-order valence-corrected chi connectivity index (χ3v) is 3.25. The Balaban J connectivity index is 1.70. The summed E-state index contributed by atoms with van der Waals surface area (Å²) in [5.41, 5.74) is 0.999. The lowest BCUT2D eigenvalue weighted by atomic mass is 10.2. The van der Waals surface area contributed by atoms with Crippen LogP contribution in [-0.2, 0) is 9.47 Å². The summed E-state index contributed by atoms with van der Waals surface area (Å²) < 4.78 is 22.2. The molecule has 1 aromatic rings. The molecule has 1 aromatic carbocycles. The van der Waals surface area contributed by atoms with Gasteiger partial charge in [0.25, 0.3) is 0 Å². The van der Waals surface area contributed by atoms with E-state index in [1.165, 1.54) is 6.42 Å². The highest BCUT2D eigenvalue weighted by Crippen LogP contribution is 2.23. The van der Waals surface area contributed by atoms with Gasteiger partial charge in [-0.15, -0.1) is 6.42 Å². The van der Waals surface area contributed by atoms with Gasteiger partial charge in [0.15, 0.2) is 6.29 Å². The van der Waals surface area contributed by atoms with Crippen molar-refractivity contribution in [3.63, 3.8) is 0 Å². The third kappa shape index (κ3) is 5.30. The van der Waals surface area contributed by atoms with Crippen LogP contribution in [0.4, 0.5) is 0 Å². The Labute approximate surface area is 126 Å². The van der Waals surface area contributed by atoms with Crippen LogP contribution in [0.1, 0.15) is 24.8 Å². The van der Waals surface area contributed by atoms with Crippen molar-refractivity contribution < 1.29 is 18.9 Å². The predicted molar refractivity (Wildman–Crippen MR) is 80.5 cm³/mol. The molecule has 0 N–H and O–H groups in total. The largest absolute Gasteiger partial charge is 0.491 e. The number of terminal acetylenes is 1. The highest BCUT2D eigenvalue weighted by atomic mass is 16.7. The van der Waals surface area contributed by atoms with Gasteiger partial charge in [-0.05, 0) is 49.9 Å².